The number of amides is 2. The Morgan fingerprint density at radius 3 is 2.63 bits per heavy atom. The molecule has 1 aromatic rings. The molecule has 0 aromatic heterocycles. The molecule has 0 bridgehead atoms. The lowest BCUT2D eigenvalue weighted by Crippen LogP contribution is -2.46. The second-order valence-corrected chi connectivity index (χ2v) is 5.72. The van der Waals surface area contributed by atoms with E-state index in [1.165, 1.54) is 5.56 Å². The summed E-state index contributed by atoms with van der Waals surface area (Å²) in [5.41, 5.74) is 1.55. The minimum atomic E-state index is -0.422. The Balaban J connectivity index is 2.64. The van der Waals surface area contributed by atoms with Crippen molar-refractivity contribution in [1.29, 1.82) is 0 Å². The van der Waals surface area contributed by atoms with Gasteiger partial charge < -0.3 is 15.7 Å². The van der Waals surface area contributed by atoms with E-state index in [4.69, 9.17) is 5.11 Å². The van der Waals surface area contributed by atoms with Gasteiger partial charge in [0.05, 0.1) is 0 Å². The van der Waals surface area contributed by atoms with Gasteiger partial charge in [-0.2, -0.15) is 0 Å². The monoisotopic (exact) mass is 264 g/mol. The van der Waals surface area contributed by atoms with E-state index in [1.54, 1.807) is 0 Å². The van der Waals surface area contributed by atoms with Crippen LogP contribution in [0.2, 0.25) is 0 Å². The van der Waals surface area contributed by atoms with Crippen molar-refractivity contribution in [3.05, 3.63) is 29.8 Å². The summed E-state index contributed by atoms with van der Waals surface area (Å²) >= 11 is 0. The molecule has 106 valence electrons. The van der Waals surface area contributed by atoms with Gasteiger partial charge in [-0.1, -0.05) is 26.0 Å². The average Bonchev–Trinajstić information content (AvgIpc) is 2.27. The largest absolute Gasteiger partial charge is 0.396 e. The van der Waals surface area contributed by atoms with Crippen molar-refractivity contribution < 1.29 is 9.90 Å². The fraction of sp³-hybridized carbons (Fsp3) is 0.533. The molecule has 0 unspecified atom stereocenters. The van der Waals surface area contributed by atoms with Crippen molar-refractivity contribution in [2.24, 2.45) is 0 Å². The Labute approximate surface area is 115 Å². The van der Waals surface area contributed by atoms with Gasteiger partial charge in [0.15, 0.2) is 0 Å². The Kier molecular flexibility index (Phi) is 5.36. The van der Waals surface area contributed by atoms with Crippen LogP contribution in [0.1, 0.15) is 45.6 Å². The van der Waals surface area contributed by atoms with Crippen molar-refractivity contribution in [3.8, 4) is 0 Å². The van der Waals surface area contributed by atoms with Crippen LogP contribution < -0.4 is 10.6 Å². The van der Waals surface area contributed by atoms with Gasteiger partial charge in [-0.25, -0.2) is 4.79 Å². The number of anilines is 1. The second kappa shape index (κ2) is 6.57. The molecule has 0 atom stereocenters. The number of urea groups is 1. The number of hydrogen-bond acceptors (Lipinski definition) is 2. The van der Waals surface area contributed by atoms with Crippen LogP contribution in [0.4, 0.5) is 10.5 Å². The highest BCUT2D eigenvalue weighted by Gasteiger charge is 2.19. The molecule has 4 nitrogen and oxygen atoms in total. The summed E-state index contributed by atoms with van der Waals surface area (Å²) in [5.74, 6) is 0.427. The first kappa shape index (κ1) is 15.5. The molecule has 4 heteroatoms. The summed E-state index contributed by atoms with van der Waals surface area (Å²) in [7, 11) is 0. The van der Waals surface area contributed by atoms with E-state index < -0.39 is 5.54 Å². The number of carbonyl (C=O) groups is 1. The first-order chi connectivity index (χ1) is 8.84. The van der Waals surface area contributed by atoms with Gasteiger partial charge in [0.2, 0.25) is 0 Å². The van der Waals surface area contributed by atoms with Crippen molar-refractivity contribution in [1.82, 2.24) is 5.32 Å². The topological polar surface area (TPSA) is 61.4 Å². The summed E-state index contributed by atoms with van der Waals surface area (Å²) in [6.45, 7) is 8.05. The number of benzene rings is 1. The molecule has 0 radical (unpaired) electrons. The summed E-state index contributed by atoms with van der Waals surface area (Å²) in [5, 5.41) is 14.6. The highest BCUT2D eigenvalue weighted by molar-refractivity contribution is 5.89. The summed E-state index contributed by atoms with van der Waals surface area (Å²) in [6.07, 6.45) is 0.520. The molecule has 0 spiro atoms. The van der Waals surface area contributed by atoms with Crippen LogP contribution in [0.15, 0.2) is 24.3 Å². The minimum absolute atomic E-state index is 0.0517. The van der Waals surface area contributed by atoms with Crippen molar-refractivity contribution in [2.45, 2.75) is 45.6 Å². The molecule has 19 heavy (non-hydrogen) atoms. The normalized spacial score (nSPS) is 11.5. The van der Waals surface area contributed by atoms with Crippen LogP contribution in [-0.2, 0) is 0 Å². The Bertz CT molecular complexity index is 428. The quantitative estimate of drug-likeness (QED) is 0.765. The third-order valence-electron chi connectivity index (χ3n) is 3.00. The smallest absolute Gasteiger partial charge is 0.319 e. The molecule has 0 heterocycles. The Morgan fingerprint density at radius 1 is 1.37 bits per heavy atom. The molecule has 0 fully saturated rings. The van der Waals surface area contributed by atoms with Crippen LogP contribution in [-0.4, -0.2) is 23.3 Å². The zero-order chi connectivity index (χ0) is 14.5. The van der Waals surface area contributed by atoms with E-state index >= 15 is 0 Å². The van der Waals surface area contributed by atoms with Gasteiger partial charge in [-0.05, 0) is 43.9 Å². The summed E-state index contributed by atoms with van der Waals surface area (Å²) in [4.78, 5) is 11.9. The number of carbonyl (C=O) groups excluding carboxylic acids is 1. The van der Waals surface area contributed by atoms with E-state index in [1.807, 2.05) is 38.1 Å². The molecule has 0 aliphatic heterocycles. The van der Waals surface area contributed by atoms with Crippen LogP contribution in [0.5, 0.6) is 0 Å². The Morgan fingerprint density at radius 2 is 2.05 bits per heavy atom. The predicted octanol–water partition coefficient (Wildman–Crippen LogP) is 3.09. The average molecular weight is 264 g/mol. The van der Waals surface area contributed by atoms with Crippen LogP contribution >= 0.6 is 0 Å². The highest BCUT2D eigenvalue weighted by Crippen LogP contribution is 2.18. The first-order valence-electron chi connectivity index (χ1n) is 6.64. The zero-order valence-corrected chi connectivity index (χ0v) is 12.2. The van der Waals surface area contributed by atoms with E-state index in [0.717, 1.165) is 5.69 Å². The molecule has 3 N–H and O–H groups in total. The van der Waals surface area contributed by atoms with Gasteiger partial charge in [0.25, 0.3) is 0 Å². The van der Waals surface area contributed by atoms with E-state index in [-0.39, 0.29) is 12.6 Å². The number of aliphatic hydroxyl groups is 1. The summed E-state index contributed by atoms with van der Waals surface area (Å²) < 4.78 is 0. The van der Waals surface area contributed by atoms with Gasteiger partial charge in [0, 0.05) is 17.8 Å². The SMILES string of the molecule is CC(C)c1cccc(NC(=O)NC(C)(C)CCO)c1. The lowest BCUT2D eigenvalue weighted by atomic mass is 10.0. The molecule has 2 amide bonds. The molecule has 1 aromatic carbocycles. The standard InChI is InChI=1S/C15H24N2O2/c1-11(2)12-6-5-7-13(10-12)16-14(19)17-15(3,4)8-9-18/h5-7,10-11,18H,8-9H2,1-4H3,(H2,16,17,19). The van der Waals surface area contributed by atoms with Gasteiger partial charge >= 0.3 is 6.03 Å². The Hall–Kier alpha value is -1.55. The molecule has 0 saturated carbocycles. The van der Waals surface area contributed by atoms with Crippen molar-refractivity contribution in [3.63, 3.8) is 0 Å². The van der Waals surface area contributed by atoms with Gasteiger partial charge in [-0.3, -0.25) is 0 Å². The maximum atomic E-state index is 11.9. The molecule has 0 saturated heterocycles. The second-order valence-electron chi connectivity index (χ2n) is 5.72. The predicted molar refractivity (Wildman–Crippen MR) is 78.5 cm³/mol. The number of nitrogens with one attached hydrogen (secondary N) is 2. The third-order valence-corrected chi connectivity index (χ3v) is 3.00. The lowest BCUT2D eigenvalue weighted by Gasteiger charge is -2.25. The molecule has 0 aliphatic rings. The molecule has 0 aliphatic carbocycles. The molecular formula is C15H24N2O2. The maximum absolute atomic E-state index is 11.9. The van der Waals surface area contributed by atoms with E-state index in [0.29, 0.717) is 12.3 Å². The maximum Gasteiger partial charge on any atom is 0.319 e. The van der Waals surface area contributed by atoms with E-state index in [9.17, 15) is 4.79 Å². The summed E-state index contributed by atoms with van der Waals surface area (Å²) in [6, 6.07) is 7.57. The van der Waals surface area contributed by atoms with Crippen LogP contribution in [0.3, 0.4) is 0 Å². The van der Waals surface area contributed by atoms with Crippen molar-refractivity contribution >= 4 is 11.7 Å². The minimum Gasteiger partial charge on any atom is -0.396 e. The number of rotatable bonds is 5. The van der Waals surface area contributed by atoms with Gasteiger partial charge in [0.1, 0.15) is 0 Å². The molecular weight excluding hydrogens is 240 g/mol. The first-order valence-corrected chi connectivity index (χ1v) is 6.64. The lowest BCUT2D eigenvalue weighted by molar-refractivity contribution is 0.218. The molecule has 1 rings (SSSR count). The number of aliphatic hydroxyl groups excluding tert-OH is 1. The third kappa shape index (κ3) is 5.30. The highest BCUT2D eigenvalue weighted by atomic mass is 16.3. The fourth-order valence-electron chi connectivity index (χ4n) is 1.79. The van der Waals surface area contributed by atoms with Gasteiger partial charge in [-0.15, -0.1) is 0 Å². The van der Waals surface area contributed by atoms with E-state index in [2.05, 4.69) is 24.5 Å². The van der Waals surface area contributed by atoms with Crippen molar-refractivity contribution in [2.75, 3.05) is 11.9 Å². The van der Waals surface area contributed by atoms with Crippen LogP contribution in [0.25, 0.3) is 0 Å². The zero-order valence-electron chi connectivity index (χ0n) is 12.2. The number of hydrogen-bond donors (Lipinski definition) is 3. The van der Waals surface area contributed by atoms with Crippen LogP contribution in [0, 0.1) is 0 Å². The fourth-order valence-corrected chi connectivity index (χ4v) is 1.79.